The van der Waals surface area contributed by atoms with E-state index in [4.69, 9.17) is 11.6 Å². The van der Waals surface area contributed by atoms with Crippen LogP contribution in [0.15, 0.2) is 48.7 Å². The molecule has 0 radical (unpaired) electrons. The fourth-order valence-electron chi connectivity index (χ4n) is 2.00. The molecule has 0 aliphatic carbocycles. The van der Waals surface area contributed by atoms with Gasteiger partial charge < -0.3 is 10.6 Å². The molecule has 0 saturated carbocycles. The van der Waals surface area contributed by atoms with Crippen molar-refractivity contribution in [1.29, 1.82) is 0 Å². The highest BCUT2D eigenvalue weighted by atomic mass is 35.5. The summed E-state index contributed by atoms with van der Waals surface area (Å²) in [6, 6.07) is 11.1. The molecule has 0 fully saturated rings. The third kappa shape index (κ3) is 4.79. The van der Waals surface area contributed by atoms with Gasteiger partial charge in [0, 0.05) is 16.8 Å². The third-order valence-electron chi connectivity index (χ3n) is 3.26. The first-order chi connectivity index (χ1) is 11.0. The van der Waals surface area contributed by atoms with Crippen molar-refractivity contribution in [3.63, 3.8) is 0 Å². The number of nitrogens with zero attached hydrogens (tertiary/aromatic N) is 1. The predicted molar refractivity (Wildman–Crippen MR) is 90.4 cm³/mol. The van der Waals surface area contributed by atoms with E-state index in [1.165, 1.54) is 0 Å². The second kappa shape index (κ2) is 7.74. The van der Waals surface area contributed by atoms with Crippen molar-refractivity contribution in [3.05, 3.63) is 59.2 Å². The van der Waals surface area contributed by atoms with Crippen LogP contribution in [0.25, 0.3) is 0 Å². The van der Waals surface area contributed by atoms with Crippen LogP contribution in [0.5, 0.6) is 0 Å². The summed E-state index contributed by atoms with van der Waals surface area (Å²) >= 11 is 5.81. The predicted octanol–water partition coefficient (Wildman–Crippen LogP) is 3.13. The number of pyridine rings is 1. The van der Waals surface area contributed by atoms with E-state index in [9.17, 15) is 9.59 Å². The Balaban J connectivity index is 2.07. The summed E-state index contributed by atoms with van der Waals surface area (Å²) in [6.45, 7) is 3.73. The third-order valence-corrected chi connectivity index (χ3v) is 3.51. The molecular weight excluding hydrogens is 314 g/mol. The van der Waals surface area contributed by atoms with Crippen LogP contribution >= 0.6 is 11.6 Å². The normalized spacial score (nSPS) is 11.8. The molecule has 0 aliphatic heterocycles. The molecule has 2 rings (SSSR count). The van der Waals surface area contributed by atoms with Gasteiger partial charge in [-0.1, -0.05) is 31.5 Å². The van der Waals surface area contributed by atoms with Gasteiger partial charge in [-0.3, -0.25) is 9.59 Å². The van der Waals surface area contributed by atoms with Gasteiger partial charge in [-0.15, -0.1) is 0 Å². The number of halogens is 1. The fraction of sp³-hybridized carbons (Fsp3) is 0.235. The van der Waals surface area contributed by atoms with Gasteiger partial charge in [-0.05, 0) is 42.3 Å². The zero-order valence-electron chi connectivity index (χ0n) is 12.9. The summed E-state index contributed by atoms with van der Waals surface area (Å²) < 4.78 is 0. The molecule has 1 aromatic carbocycles. The maximum atomic E-state index is 12.4. The summed E-state index contributed by atoms with van der Waals surface area (Å²) in [5, 5.41) is 6.00. The minimum Gasteiger partial charge on any atom is -0.340 e. The summed E-state index contributed by atoms with van der Waals surface area (Å²) in [7, 11) is 0. The first-order valence-electron chi connectivity index (χ1n) is 7.25. The van der Waals surface area contributed by atoms with Crippen LogP contribution in [-0.4, -0.2) is 22.8 Å². The largest absolute Gasteiger partial charge is 0.340 e. The van der Waals surface area contributed by atoms with Gasteiger partial charge in [0.1, 0.15) is 11.9 Å². The van der Waals surface area contributed by atoms with Crippen molar-refractivity contribution in [2.45, 2.75) is 19.9 Å². The summed E-state index contributed by atoms with van der Waals surface area (Å²) in [6.07, 6.45) is 1.59. The Bertz CT molecular complexity index is 672. The number of rotatable bonds is 5. The molecule has 1 aromatic heterocycles. The van der Waals surface area contributed by atoms with Crippen molar-refractivity contribution in [2.75, 3.05) is 5.32 Å². The highest BCUT2D eigenvalue weighted by Crippen LogP contribution is 2.11. The van der Waals surface area contributed by atoms with Crippen molar-refractivity contribution >= 4 is 29.2 Å². The number of anilines is 1. The van der Waals surface area contributed by atoms with Crippen LogP contribution in [0, 0.1) is 5.92 Å². The topological polar surface area (TPSA) is 71.1 Å². The highest BCUT2D eigenvalue weighted by molar-refractivity contribution is 6.30. The summed E-state index contributed by atoms with van der Waals surface area (Å²) in [4.78, 5) is 28.7. The second-order valence-electron chi connectivity index (χ2n) is 5.41. The molecule has 0 saturated heterocycles. The van der Waals surface area contributed by atoms with E-state index in [0.717, 1.165) is 0 Å². The first kappa shape index (κ1) is 17.0. The Morgan fingerprint density at radius 3 is 2.35 bits per heavy atom. The molecule has 1 heterocycles. The number of amides is 2. The van der Waals surface area contributed by atoms with Crippen LogP contribution in [0.2, 0.25) is 5.02 Å². The van der Waals surface area contributed by atoms with Crippen molar-refractivity contribution in [1.82, 2.24) is 10.3 Å². The maximum absolute atomic E-state index is 12.4. The molecule has 120 valence electrons. The molecule has 0 aliphatic rings. The van der Waals surface area contributed by atoms with Gasteiger partial charge in [0.15, 0.2) is 0 Å². The van der Waals surface area contributed by atoms with Crippen LogP contribution < -0.4 is 10.6 Å². The molecule has 23 heavy (non-hydrogen) atoms. The lowest BCUT2D eigenvalue weighted by molar-refractivity contribution is -0.118. The van der Waals surface area contributed by atoms with Crippen molar-refractivity contribution in [2.24, 2.45) is 5.92 Å². The monoisotopic (exact) mass is 331 g/mol. The van der Waals surface area contributed by atoms with Gasteiger partial charge in [0.2, 0.25) is 5.91 Å². The Kier molecular flexibility index (Phi) is 5.71. The van der Waals surface area contributed by atoms with E-state index in [1.54, 1.807) is 48.7 Å². The van der Waals surface area contributed by atoms with Gasteiger partial charge in [0.05, 0.1) is 0 Å². The summed E-state index contributed by atoms with van der Waals surface area (Å²) in [5.41, 5.74) is 0.450. The highest BCUT2D eigenvalue weighted by Gasteiger charge is 2.25. The van der Waals surface area contributed by atoms with E-state index < -0.39 is 6.04 Å². The average molecular weight is 332 g/mol. The quantitative estimate of drug-likeness (QED) is 0.884. The minimum atomic E-state index is -0.666. The number of carbonyl (C=O) groups excluding carboxylic acids is 2. The standard InChI is InChI=1S/C17H18ClN3O2/c1-11(2)15(17(23)20-14-5-3-4-10-19-14)21-16(22)12-6-8-13(18)9-7-12/h3-11,15H,1-2H3,(H,21,22)(H,19,20,23)/t15-/m0/s1. The molecule has 0 bridgehead atoms. The number of hydrogen-bond donors (Lipinski definition) is 2. The number of aromatic nitrogens is 1. The van der Waals surface area contributed by atoms with Crippen LogP contribution in [0.3, 0.4) is 0 Å². The smallest absolute Gasteiger partial charge is 0.251 e. The molecule has 2 N–H and O–H groups in total. The van der Waals surface area contributed by atoms with E-state index in [2.05, 4.69) is 15.6 Å². The van der Waals surface area contributed by atoms with E-state index in [0.29, 0.717) is 16.4 Å². The maximum Gasteiger partial charge on any atom is 0.251 e. The zero-order chi connectivity index (χ0) is 16.8. The van der Waals surface area contributed by atoms with E-state index >= 15 is 0 Å². The Morgan fingerprint density at radius 1 is 1.09 bits per heavy atom. The number of hydrogen-bond acceptors (Lipinski definition) is 3. The lowest BCUT2D eigenvalue weighted by Gasteiger charge is -2.21. The Morgan fingerprint density at radius 2 is 1.78 bits per heavy atom. The molecule has 1 atom stereocenters. The number of carbonyl (C=O) groups is 2. The van der Waals surface area contributed by atoms with Gasteiger partial charge in [-0.2, -0.15) is 0 Å². The van der Waals surface area contributed by atoms with Crippen molar-refractivity contribution in [3.8, 4) is 0 Å². The van der Waals surface area contributed by atoms with Crippen LogP contribution in [0.1, 0.15) is 24.2 Å². The average Bonchev–Trinajstić information content (AvgIpc) is 2.53. The van der Waals surface area contributed by atoms with Gasteiger partial charge >= 0.3 is 0 Å². The fourth-order valence-corrected chi connectivity index (χ4v) is 2.13. The van der Waals surface area contributed by atoms with Crippen LogP contribution in [0.4, 0.5) is 5.82 Å². The van der Waals surface area contributed by atoms with Gasteiger partial charge in [0.25, 0.3) is 5.91 Å². The Hall–Kier alpha value is -2.40. The molecular formula is C17H18ClN3O2. The summed E-state index contributed by atoms with van der Waals surface area (Å²) in [5.74, 6) is -0.253. The molecule has 6 heteroatoms. The molecule has 0 spiro atoms. The molecule has 5 nitrogen and oxygen atoms in total. The number of benzene rings is 1. The Labute approximate surface area is 140 Å². The lowest BCUT2D eigenvalue weighted by atomic mass is 10.0. The SMILES string of the molecule is CC(C)[C@H](NC(=O)c1ccc(Cl)cc1)C(=O)Nc1ccccn1. The number of nitrogens with one attached hydrogen (secondary N) is 2. The molecule has 2 aromatic rings. The molecule has 2 amide bonds. The van der Waals surface area contributed by atoms with E-state index in [1.807, 2.05) is 13.8 Å². The lowest BCUT2D eigenvalue weighted by Crippen LogP contribution is -2.47. The van der Waals surface area contributed by atoms with Gasteiger partial charge in [-0.25, -0.2) is 4.98 Å². The first-order valence-corrected chi connectivity index (χ1v) is 7.63. The van der Waals surface area contributed by atoms with Crippen molar-refractivity contribution < 1.29 is 9.59 Å². The molecule has 0 unspecified atom stereocenters. The van der Waals surface area contributed by atoms with Crippen LogP contribution in [-0.2, 0) is 4.79 Å². The second-order valence-corrected chi connectivity index (χ2v) is 5.84. The minimum absolute atomic E-state index is 0.0741. The zero-order valence-corrected chi connectivity index (χ0v) is 13.7. The van der Waals surface area contributed by atoms with E-state index in [-0.39, 0.29) is 17.7 Å².